The first-order valence-corrected chi connectivity index (χ1v) is 10.5. The van der Waals surface area contributed by atoms with E-state index in [9.17, 15) is 9.59 Å². The lowest BCUT2D eigenvalue weighted by molar-refractivity contribution is 0.640. The van der Waals surface area contributed by atoms with Crippen molar-refractivity contribution >= 4 is 11.2 Å². The molecule has 6 nitrogen and oxygen atoms in total. The molecule has 4 rings (SSSR count). The van der Waals surface area contributed by atoms with Gasteiger partial charge >= 0.3 is 5.69 Å². The summed E-state index contributed by atoms with van der Waals surface area (Å²) in [4.78, 5) is 32.3. The van der Waals surface area contributed by atoms with Crippen molar-refractivity contribution in [1.82, 2.24) is 19.1 Å². The Kier molecular flexibility index (Phi) is 5.65. The van der Waals surface area contributed by atoms with Crippen LogP contribution in [0.1, 0.15) is 33.1 Å². The van der Waals surface area contributed by atoms with Crippen molar-refractivity contribution in [2.24, 2.45) is 0 Å². The number of unbranched alkanes of at least 4 members (excludes halogenated alkanes) is 1. The minimum atomic E-state index is -0.402. The van der Waals surface area contributed by atoms with Crippen LogP contribution in [0.15, 0.2) is 64.2 Å². The number of aromatic nitrogens is 4. The van der Waals surface area contributed by atoms with Crippen molar-refractivity contribution in [3.8, 4) is 22.5 Å². The highest BCUT2D eigenvalue weighted by Crippen LogP contribution is 2.26. The Morgan fingerprint density at radius 2 is 1.47 bits per heavy atom. The van der Waals surface area contributed by atoms with Gasteiger partial charge in [-0.2, -0.15) is 0 Å². The van der Waals surface area contributed by atoms with Crippen LogP contribution in [0, 0.1) is 0 Å². The number of aryl methyl sites for hydroxylation is 2. The molecule has 2 heterocycles. The van der Waals surface area contributed by atoms with Gasteiger partial charge in [0.25, 0.3) is 5.56 Å². The van der Waals surface area contributed by atoms with Crippen LogP contribution in [0.4, 0.5) is 0 Å². The third-order valence-electron chi connectivity index (χ3n) is 5.32. The van der Waals surface area contributed by atoms with Crippen LogP contribution in [-0.4, -0.2) is 19.1 Å². The summed E-state index contributed by atoms with van der Waals surface area (Å²) in [6.45, 7) is 5.31. The molecule has 2 aromatic carbocycles. The molecule has 0 radical (unpaired) electrons. The summed E-state index contributed by atoms with van der Waals surface area (Å²) in [5.41, 5.74) is 3.35. The molecule has 0 atom stereocenters. The lowest BCUT2D eigenvalue weighted by atomic mass is 10.0. The van der Waals surface area contributed by atoms with Crippen LogP contribution in [-0.2, 0) is 13.1 Å². The highest BCUT2D eigenvalue weighted by Gasteiger charge is 2.19. The average molecular weight is 402 g/mol. The molecule has 154 valence electrons. The predicted molar refractivity (Wildman–Crippen MR) is 121 cm³/mol. The largest absolute Gasteiger partial charge is 0.330 e. The number of benzene rings is 2. The molecule has 0 unspecified atom stereocenters. The van der Waals surface area contributed by atoms with Crippen molar-refractivity contribution in [3.05, 3.63) is 75.4 Å². The van der Waals surface area contributed by atoms with Gasteiger partial charge in [0.15, 0.2) is 11.2 Å². The smallest absolute Gasteiger partial charge is 0.318 e. The van der Waals surface area contributed by atoms with E-state index in [0.29, 0.717) is 24.3 Å². The van der Waals surface area contributed by atoms with Crippen molar-refractivity contribution in [3.63, 3.8) is 0 Å². The van der Waals surface area contributed by atoms with E-state index in [4.69, 9.17) is 4.98 Å². The van der Waals surface area contributed by atoms with Crippen molar-refractivity contribution in [2.75, 3.05) is 0 Å². The molecule has 6 heteroatoms. The number of hydrogen-bond donors (Lipinski definition) is 1. The second kappa shape index (κ2) is 8.53. The third kappa shape index (κ3) is 3.61. The Labute approximate surface area is 174 Å². The van der Waals surface area contributed by atoms with E-state index in [1.165, 1.54) is 0 Å². The molecular weight excluding hydrogens is 376 g/mol. The molecule has 0 amide bonds. The minimum absolute atomic E-state index is 0.377. The fourth-order valence-corrected chi connectivity index (χ4v) is 3.80. The van der Waals surface area contributed by atoms with Crippen LogP contribution in [0.2, 0.25) is 0 Å². The zero-order valence-electron chi connectivity index (χ0n) is 17.4. The van der Waals surface area contributed by atoms with E-state index < -0.39 is 5.69 Å². The van der Waals surface area contributed by atoms with E-state index in [1.807, 2.05) is 41.8 Å². The van der Waals surface area contributed by atoms with Crippen LogP contribution in [0.5, 0.6) is 0 Å². The van der Waals surface area contributed by atoms with E-state index >= 15 is 0 Å². The molecule has 30 heavy (non-hydrogen) atoms. The molecule has 0 aliphatic carbocycles. The second-order valence-electron chi connectivity index (χ2n) is 7.47. The first-order chi connectivity index (χ1) is 14.6. The van der Waals surface area contributed by atoms with E-state index in [-0.39, 0.29) is 5.56 Å². The van der Waals surface area contributed by atoms with Gasteiger partial charge in [0.05, 0.1) is 0 Å². The summed E-state index contributed by atoms with van der Waals surface area (Å²) < 4.78 is 3.53. The first kappa shape index (κ1) is 19.9. The molecule has 0 saturated heterocycles. The summed E-state index contributed by atoms with van der Waals surface area (Å²) in [6, 6.07) is 18.4. The molecule has 0 aliphatic heterocycles. The van der Waals surface area contributed by atoms with Gasteiger partial charge in [-0.15, -0.1) is 0 Å². The van der Waals surface area contributed by atoms with Gasteiger partial charge in [0.2, 0.25) is 0 Å². The molecule has 2 aromatic heterocycles. The standard InChI is InChI=1S/C24H26N4O2/c1-3-5-16-27-20-22(28(15-4-2)24(30)26-23(20)29)25-21(27)19-13-11-18(12-14-19)17-9-7-6-8-10-17/h6-14H,3-5,15-16H2,1-2H3,(H,26,29,30). The topological polar surface area (TPSA) is 72.7 Å². The Morgan fingerprint density at radius 1 is 0.800 bits per heavy atom. The number of hydrogen-bond acceptors (Lipinski definition) is 3. The van der Waals surface area contributed by atoms with Crippen LogP contribution in [0.3, 0.4) is 0 Å². The Balaban J connectivity index is 1.89. The number of imidazole rings is 1. The van der Waals surface area contributed by atoms with Crippen LogP contribution in [0.25, 0.3) is 33.7 Å². The van der Waals surface area contributed by atoms with Gasteiger partial charge in [-0.3, -0.25) is 14.3 Å². The van der Waals surface area contributed by atoms with E-state index in [1.54, 1.807) is 4.57 Å². The highest BCUT2D eigenvalue weighted by atomic mass is 16.2. The molecule has 0 spiro atoms. The van der Waals surface area contributed by atoms with Crippen molar-refractivity contribution < 1.29 is 0 Å². The molecular formula is C24H26N4O2. The van der Waals surface area contributed by atoms with Crippen LogP contribution < -0.4 is 11.2 Å². The average Bonchev–Trinajstić information content (AvgIpc) is 3.15. The zero-order chi connectivity index (χ0) is 21.1. The summed E-state index contributed by atoms with van der Waals surface area (Å²) in [5.74, 6) is 0.721. The maximum Gasteiger partial charge on any atom is 0.330 e. The second-order valence-corrected chi connectivity index (χ2v) is 7.47. The Morgan fingerprint density at radius 3 is 2.13 bits per heavy atom. The SMILES string of the molecule is CCCCn1c(-c2ccc(-c3ccccc3)cc2)nc2c1c(=O)[nH]c(=O)n2CCC. The van der Waals surface area contributed by atoms with Gasteiger partial charge in [-0.25, -0.2) is 9.78 Å². The lowest BCUT2D eigenvalue weighted by Crippen LogP contribution is -2.31. The Hall–Kier alpha value is -3.41. The van der Waals surface area contributed by atoms with Gasteiger partial charge in [0, 0.05) is 18.7 Å². The number of rotatable bonds is 7. The summed E-state index contributed by atoms with van der Waals surface area (Å²) in [5, 5.41) is 0. The van der Waals surface area contributed by atoms with E-state index in [2.05, 4.69) is 36.2 Å². The molecule has 4 aromatic rings. The van der Waals surface area contributed by atoms with Gasteiger partial charge < -0.3 is 4.57 Å². The maximum absolute atomic E-state index is 12.7. The van der Waals surface area contributed by atoms with Gasteiger partial charge in [-0.05, 0) is 24.0 Å². The van der Waals surface area contributed by atoms with Crippen LogP contribution >= 0.6 is 0 Å². The fraction of sp³-hybridized carbons (Fsp3) is 0.292. The third-order valence-corrected chi connectivity index (χ3v) is 5.32. The summed E-state index contributed by atoms with van der Waals surface area (Å²) in [6.07, 6.45) is 2.70. The number of aromatic amines is 1. The minimum Gasteiger partial charge on any atom is -0.318 e. The van der Waals surface area contributed by atoms with Gasteiger partial charge in [-0.1, -0.05) is 74.9 Å². The maximum atomic E-state index is 12.7. The number of nitrogens with one attached hydrogen (secondary N) is 1. The Bertz CT molecular complexity index is 1270. The molecule has 0 bridgehead atoms. The highest BCUT2D eigenvalue weighted by molar-refractivity contribution is 5.78. The summed E-state index contributed by atoms with van der Waals surface area (Å²) in [7, 11) is 0. The molecule has 1 N–H and O–H groups in total. The van der Waals surface area contributed by atoms with E-state index in [0.717, 1.165) is 41.8 Å². The predicted octanol–water partition coefficient (Wildman–Crippen LogP) is 4.43. The number of nitrogens with zero attached hydrogens (tertiary/aromatic N) is 3. The monoisotopic (exact) mass is 402 g/mol. The number of fused-ring (bicyclic) bond motifs is 1. The normalized spacial score (nSPS) is 11.3. The number of H-pyrrole nitrogens is 1. The zero-order valence-corrected chi connectivity index (χ0v) is 17.4. The molecule has 0 saturated carbocycles. The first-order valence-electron chi connectivity index (χ1n) is 10.5. The quantitative estimate of drug-likeness (QED) is 0.497. The van der Waals surface area contributed by atoms with Crippen molar-refractivity contribution in [2.45, 2.75) is 46.2 Å². The fourth-order valence-electron chi connectivity index (χ4n) is 3.80. The molecule has 0 fully saturated rings. The molecule has 0 aliphatic rings. The summed E-state index contributed by atoms with van der Waals surface area (Å²) >= 11 is 0. The van der Waals surface area contributed by atoms with Gasteiger partial charge in [0.1, 0.15) is 5.82 Å². The van der Waals surface area contributed by atoms with Crippen molar-refractivity contribution in [1.29, 1.82) is 0 Å². The lowest BCUT2D eigenvalue weighted by Gasteiger charge is -2.09.